The van der Waals surface area contributed by atoms with E-state index in [9.17, 15) is 0 Å². The molecule has 0 saturated carbocycles. The molecule has 0 atom stereocenters. The third-order valence-corrected chi connectivity index (χ3v) is 1.90. The van der Waals surface area contributed by atoms with Crippen LogP contribution in [0.15, 0.2) is 6.20 Å². The van der Waals surface area contributed by atoms with Gasteiger partial charge < -0.3 is 9.55 Å². The van der Waals surface area contributed by atoms with Gasteiger partial charge in [-0.3, -0.25) is 0 Å². The van der Waals surface area contributed by atoms with E-state index < -0.39 is 0 Å². The Kier molecular flexibility index (Phi) is 2.42. The summed E-state index contributed by atoms with van der Waals surface area (Å²) in [5.41, 5.74) is 1.41. The monoisotopic (exact) mass is 184 g/mol. The van der Waals surface area contributed by atoms with Gasteiger partial charge in [0.1, 0.15) is 0 Å². The number of imidazole rings is 1. The van der Waals surface area contributed by atoms with E-state index in [0.717, 1.165) is 17.0 Å². The number of nitrogens with zero attached hydrogens (tertiary/aromatic N) is 1. The fourth-order valence-corrected chi connectivity index (χ4v) is 1.47. The van der Waals surface area contributed by atoms with Crippen molar-refractivity contribution < 1.29 is 0 Å². The van der Waals surface area contributed by atoms with Crippen LogP contribution in [-0.2, 0) is 6.54 Å². The van der Waals surface area contributed by atoms with E-state index in [-0.39, 0.29) is 5.41 Å². The Balaban J connectivity index is 2.90. The van der Waals surface area contributed by atoms with E-state index in [0.29, 0.717) is 0 Å². The van der Waals surface area contributed by atoms with Crippen LogP contribution in [0.5, 0.6) is 0 Å². The van der Waals surface area contributed by atoms with E-state index >= 15 is 0 Å². The van der Waals surface area contributed by atoms with E-state index in [4.69, 9.17) is 12.2 Å². The lowest BCUT2D eigenvalue weighted by Crippen LogP contribution is -2.14. The van der Waals surface area contributed by atoms with E-state index in [2.05, 4.69) is 36.5 Å². The van der Waals surface area contributed by atoms with Gasteiger partial charge in [0.15, 0.2) is 4.77 Å². The van der Waals surface area contributed by atoms with Gasteiger partial charge in [0.05, 0.1) is 0 Å². The second-order valence-corrected chi connectivity index (χ2v) is 4.82. The molecule has 0 saturated heterocycles. The van der Waals surface area contributed by atoms with Gasteiger partial charge in [-0.05, 0) is 24.6 Å². The van der Waals surface area contributed by atoms with Crippen molar-refractivity contribution in [2.75, 3.05) is 0 Å². The first-order chi connectivity index (χ1) is 5.38. The molecule has 0 radical (unpaired) electrons. The smallest absolute Gasteiger partial charge is 0.177 e. The second-order valence-electron chi connectivity index (χ2n) is 4.43. The Morgan fingerprint density at radius 2 is 2.08 bits per heavy atom. The molecule has 0 aliphatic heterocycles. The predicted octanol–water partition coefficient (Wildman–Crippen LogP) is 2.90. The van der Waals surface area contributed by atoms with Crippen molar-refractivity contribution in [3.05, 3.63) is 16.7 Å². The number of aromatic nitrogens is 2. The maximum absolute atomic E-state index is 5.15. The number of aryl methyl sites for hydroxylation is 1. The van der Waals surface area contributed by atoms with Crippen LogP contribution < -0.4 is 0 Å². The van der Waals surface area contributed by atoms with Crippen LogP contribution in [0, 0.1) is 17.1 Å². The minimum atomic E-state index is 0.285. The minimum absolute atomic E-state index is 0.285. The zero-order valence-corrected chi connectivity index (χ0v) is 8.96. The van der Waals surface area contributed by atoms with Crippen LogP contribution in [0.4, 0.5) is 0 Å². The average Bonchev–Trinajstić information content (AvgIpc) is 2.06. The molecule has 0 aliphatic carbocycles. The zero-order chi connectivity index (χ0) is 9.35. The minimum Gasteiger partial charge on any atom is -0.335 e. The van der Waals surface area contributed by atoms with Crippen LogP contribution in [0.3, 0.4) is 0 Å². The number of H-pyrrole nitrogens is 1. The number of hydrogen-bond acceptors (Lipinski definition) is 1. The highest BCUT2D eigenvalue weighted by atomic mass is 32.1. The highest BCUT2D eigenvalue weighted by Gasteiger charge is 2.11. The first-order valence-corrected chi connectivity index (χ1v) is 4.55. The Bertz CT molecular complexity index is 314. The van der Waals surface area contributed by atoms with Crippen LogP contribution >= 0.6 is 12.2 Å². The normalized spacial score (nSPS) is 12.0. The van der Waals surface area contributed by atoms with Crippen molar-refractivity contribution in [1.82, 2.24) is 9.55 Å². The molecule has 1 heterocycles. The maximum Gasteiger partial charge on any atom is 0.177 e. The lowest BCUT2D eigenvalue weighted by molar-refractivity contribution is 0.341. The van der Waals surface area contributed by atoms with Crippen molar-refractivity contribution >= 4 is 12.2 Å². The lowest BCUT2D eigenvalue weighted by Gasteiger charge is -2.18. The second kappa shape index (κ2) is 3.05. The summed E-state index contributed by atoms with van der Waals surface area (Å²) in [5.74, 6) is 0. The molecule has 0 unspecified atom stereocenters. The number of rotatable bonds is 1. The van der Waals surface area contributed by atoms with Gasteiger partial charge in [-0.1, -0.05) is 20.8 Å². The van der Waals surface area contributed by atoms with Gasteiger partial charge in [-0.15, -0.1) is 0 Å². The first kappa shape index (κ1) is 9.52. The largest absolute Gasteiger partial charge is 0.335 e. The topological polar surface area (TPSA) is 20.7 Å². The number of nitrogens with one attached hydrogen (secondary N) is 1. The standard InChI is InChI=1S/C9H16N2S/c1-7-5-11(8(12)10-7)6-9(2,3)4/h5H,6H2,1-4H3,(H,10,12). The molecular formula is C9H16N2S. The summed E-state index contributed by atoms with van der Waals surface area (Å²) in [5, 5.41) is 0. The Hall–Kier alpha value is -0.570. The van der Waals surface area contributed by atoms with Gasteiger partial charge in [-0.2, -0.15) is 0 Å². The molecule has 0 spiro atoms. The molecule has 1 N–H and O–H groups in total. The maximum atomic E-state index is 5.15. The highest BCUT2D eigenvalue weighted by Crippen LogP contribution is 2.16. The first-order valence-electron chi connectivity index (χ1n) is 4.14. The summed E-state index contributed by atoms with van der Waals surface area (Å²) >= 11 is 5.15. The third-order valence-electron chi connectivity index (χ3n) is 1.56. The fraction of sp³-hybridized carbons (Fsp3) is 0.667. The summed E-state index contributed by atoms with van der Waals surface area (Å²) in [4.78, 5) is 3.11. The molecule has 0 bridgehead atoms. The van der Waals surface area contributed by atoms with E-state index in [1.807, 2.05) is 6.92 Å². The summed E-state index contributed by atoms with van der Waals surface area (Å²) in [7, 11) is 0. The van der Waals surface area contributed by atoms with Crippen LogP contribution in [0.1, 0.15) is 26.5 Å². The van der Waals surface area contributed by atoms with Gasteiger partial charge in [0.25, 0.3) is 0 Å². The molecule has 3 heteroatoms. The molecule has 1 aromatic rings. The van der Waals surface area contributed by atoms with Crippen molar-refractivity contribution in [3.8, 4) is 0 Å². The Labute approximate surface area is 78.6 Å². The fourth-order valence-electron chi connectivity index (χ4n) is 1.19. The molecule has 1 aromatic heterocycles. The molecule has 2 nitrogen and oxygen atoms in total. The van der Waals surface area contributed by atoms with Crippen molar-refractivity contribution in [3.63, 3.8) is 0 Å². The molecule has 0 amide bonds. The van der Waals surface area contributed by atoms with Crippen molar-refractivity contribution in [2.24, 2.45) is 5.41 Å². The quantitative estimate of drug-likeness (QED) is 0.666. The molecule has 0 aliphatic rings. The molecule has 1 rings (SSSR count). The Morgan fingerprint density at radius 1 is 1.50 bits per heavy atom. The molecule has 12 heavy (non-hydrogen) atoms. The number of aromatic amines is 1. The molecular weight excluding hydrogens is 168 g/mol. The van der Waals surface area contributed by atoms with Crippen LogP contribution in [-0.4, -0.2) is 9.55 Å². The van der Waals surface area contributed by atoms with Crippen LogP contribution in [0.2, 0.25) is 0 Å². The van der Waals surface area contributed by atoms with Crippen LogP contribution in [0.25, 0.3) is 0 Å². The highest BCUT2D eigenvalue weighted by molar-refractivity contribution is 7.71. The molecule has 0 fully saturated rings. The SMILES string of the molecule is Cc1cn(CC(C)(C)C)c(=S)[nH]1. The number of hydrogen-bond donors (Lipinski definition) is 1. The van der Waals surface area contributed by atoms with Gasteiger partial charge in [-0.25, -0.2) is 0 Å². The van der Waals surface area contributed by atoms with Gasteiger partial charge in [0.2, 0.25) is 0 Å². The lowest BCUT2D eigenvalue weighted by atomic mass is 9.97. The van der Waals surface area contributed by atoms with E-state index in [1.165, 1.54) is 0 Å². The summed E-state index contributed by atoms with van der Waals surface area (Å²) in [6.07, 6.45) is 2.06. The van der Waals surface area contributed by atoms with E-state index in [1.54, 1.807) is 0 Å². The molecule has 0 aromatic carbocycles. The Morgan fingerprint density at radius 3 is 2.42 bits per heavy atom. The molecule has 68 valence electrons. The average molecular weight is 184 g/mol. The summed E-state index contributed by atoms with van der Waals surface area (Å²) < 4.78 is 2.91. The van der Waals surface area contributed by atoms with Gasteiger partial charge >= 0.3 is 0 Å². The van der Waals surface area contributed by atoms with Gasteiger partial charge in [0, 0.05) is 18.4 Å². The van der Waals surface area contributed by atoms with Crippen molar-refractivity contribution in [1.29, 1.82) is 0 Å². The zero-order valence-electron chi connectivity index (χ0n) is 8.14. The third kappa shape index (κ3) is 2.48. The summed E-state index contributed by atoms with van der Waals surface area (Å²) in [6, 6.07) is 0. The predicted molar refractivity (Wildman–Crippen MR) is 53.8 cm³/mol. The van der Waals surface area contributed by atoms with Crippen molar-refractivity contribution in [2.45, 2.75) is 34.2 Å². The summed E-state index contributed by atoms with van der Waals surface area (Å²) in [6.45, 7) is 9.61.